The van der Waals surface area contributed by atoms with Gasteiger partial charge in [-0.25, -0.2) is 0 Å². The molecule has 0 nitrogen and oxygen atoms in total. The Morgan fingerprint density at radius 3 is 2.92 bits per heavy atom. The maximum Gasteiger partial charge on any atom is 0.0627 e. The molecule has 0 spiro atoms. The van der Waals surface area contributed by atoms with Crippen molar-refractivity contribution in [3.8, 4) is 0 Å². The highest BCUT2D eigenvalue weighted by Gasteiger charge is 2.53. The monoisotopic (exact) mass is 302 g/mol. The predicted octanol–water partition coefficient (Wildman–Crippen LogP) is 3.67. The summed E-state index contributed by atoms with van der Waals surface area (Å²) >= 11 is 7.73. The third-order valence-electron chi connectivity index (χ3n) is 3.83. The SMILES string of the molecule is Br[C@@H]1C[C@@H]2C=C[C@@]1(Br)[C@H]1C=CC[C@@H]21. The molecule has 4 aliphatic rings. The van der Waals surface area contributed by atoms with Gasteiger partial charge in [0.05, 0.1) is 4.32 Å². The van der Waals surface area contributed by atoms with Crippen molar-refractivity contribution in [3.05, 3.63) is 24.3 Å². The molecule has 4 aliphatic carbocycles. The van der Waals surface area contributed by atoms with Crippen molar-refractivity contribution in [1.29, 1.82) is 0 Å². The average molecular weight is 304 g/mol. The van der Waals surface area contributed by atoms with E-state index < -0.39 is 0 Å². The van der Waals surface area contributed by atoms with Gasteiger partial charge in [-0.1, -0.05) is 56.2 Å². The molecule has 0 aromatic heterocycles. The second-order valence-corrected chi connectivity index (χ2v) is 6.89. The van der Waals surface area contributed by atoms with Crippen molar-refractivity contribution in [1.82, 2.24) is 0 Å². The van der Waals surface area contributed by atoms with E-state index in [0.717, 1.165) is 17.8 Å². The highest BCUT2D eigenvalue weighted by Crippen LogP contribution is 2.57. The molecule has 0 N–H and O–H groups in total. The van der Waals surface area contributed by atoms with Crippen LogP contribution in [0.3, 0.4) is 0 Å². The van der Waals surface area contributed by atoms with Crippen LogP contribution in [0.25, 0.3) is 0 Å². The molecule has 0 unspecified atom stereocenters. The van der Waals surface area contributed by atoms with Crippen molar-refractivity contribution in [2.45, 2.75) is 22.0 Å². The van der Waals surface area contributed by atoms with Crippen molar-refractivity contribution in [3.63, 3.8) is 0 Å². The summed E-state index contributed by atoms with van der Waals surface area (Å²) < 4.78 is 0.208. The van der Waals surface area contributed by atoms with E-state index in [2.05, 4.69) is 56.2 Å². The third kappa shape index (κ3) is 1.02. The van der Waals surface area contributed by atoms with Crippen molar-refractivity contribution >= 4 is 31.9 Å². The van der Waals surface area contributed by atoms with Crippen molar-refractivity contribution < 1.29 is 0 Å². The number of halogens is 2. The van der Waals surface area contributed by atoms with E-state index in [4.69, 9.17) is 0 Å². The van der Waals surface area contributed by atoms with Crippen LogP contribution in [-0.2, 0) is 0 Å². The Hall–Kier alpha value is 0.440. The molecule has 2 bridgehead atoms. The molecule has 4 rings (SSSR count). The summed E-state index contributed by atoms with van der Waals surface area (Å²) in [5.74, 6) is 2.41. The average Bonchev–Trinajstić information content (AvgIpc) is 2.58. The summed E-state index contributed by atoms with van der Waals surface area (Å²) in [7, 11) is 0. The second kappa shape index (κ2) is 2.73. The van der Waals surface area contributed by atoms with Gasteiger partial charge in [-0.05, 0) is 24.7 Å². The standard InChI is InChI=1S/C11H12Br2/c12-10-6-7-4-5-11(10,13)9-3-1-2-8(7)9/h1,3-5,7-10H,2,6H2/t7-,8-,9-,10+,11+/m0/s1. The Morgan fingerprint density at radius 2 is 2.15 bits per heavy atom. The van der Waals surface area contributed by atoms with E-state index in [1.54, 1.807) is 0 Å². The van der Waals surface area contributed by atoms with Gasteiger partial charge in [-0.15, -0.1) is 0 Å². The van der Waals surface area contributed by atoms with Crippen LogP contribution in [0, 0.1) is 17.8 Å². The van der Waals surface area contributed by atoms with E-state index in [0.29, 0.717) is 4.83 Å². The van der Waals surface area contributed by atoms with Crippen LogP contribution in [0.15, 0.2) is 24.3 Å². The van der Waals surface area contributed by atoms with Gasteiger partial charge in [-0.2, -0.15) is 0 Å². The van der Waals surface area contributed by atoms with Gasteiger partial charge in [0.25, 0.3) is 0 Å². The van der Waals surface area contributed by atoms with E-state index in [9.17, 15) is 0 Å². The number of hydrogen-bond donors (Lipinski definition) is 0. The number of fused-ring (bicyclic) bond motifs is 1. The molecule has 0 aromatic rings. The van der Waals surface area contributed by atoms with Gasteiger partial charge in [0.2, 0.25) is 0 Å². The molecule has 0 aromatic carbocycles. The predicted molar refractivity (Wildman–Crippen MR) is 62.4 cm³/mol. The Morgan fingerprint density at radius 1 is 1.31 bits per heavy atom. The van der Waals surface area contributed by atoms with Gasteiger partial charge in [0.1, 0.15) is 0 Å². The molecule has 70 valence electrons. The quantitative estimate of drug-likeness (QED) is 0.473. The number of hydrogen-bond acceptors (Lipinski definition) is 0. The number of alkyl halides is 2. The maximum atomic E-state index is 3.92. The highest BCUT2D eigenvalue weighted by atomic mass is 79.9. The van der Waals surface area contributed by atoms with Crippen LogP contribution >= 0.6 is 31.9 Å². The first kappa shape index (κ1) is 8.72. The number of rotatable bonds is 0. The van der Waals surface area contributed by atoms with E-state index in [1.807, 2.05) is 0 Å². The van der Waals surface area contributed by atoms with E-state index >= 15 is 0 Å². The zero-order valence-electron chi connectivity index (χ0n) is 7.29. The molecule has 13 heavy (non-hydrogen) atoms. The molecular weight excluding hydrogens is 292 g/mol. The van der Waals surface area contributed by atoms with Crippen LogP contribution < -0.4 is 0 Å². The van der Waals surface area contributed by atoms with Gasteiger partial charge < -0.3 is 0 Å². The summed E-state index contributed by atoms with van der Waals surface area (Å²) in [6, 6.07) is 0. The summed E-state index contributed by atoms with van der Waals surface area (Å²) in [6.07, 6.45) is 12.1. The molecule has 0 heterocycles. The van der Waals surface area contributed by atoms with Gasteiger partial charge in [-0.3, -0.25) is 0 Å². The Bertz CT molecular complexity index is 294. The lowest BCUT2D eigenvalue weighted by Gasteiger charge is -2.50. The Balaban J connectivity index is 2.09. The van der Waals surface area contributed by atoms with Crippen LogP contribution in [0.2, 0.25) is 0 Å². The molecule has 0 saturated heterocycles. The minimum Gasteiger partial charge on any atom is -0.0879 e. The largest absolute Gasteiger partial charge is 0.0879 e. The van der Waals surface area contributed by atoms with Crippen LogP contribution in [0.5, 0.6) is 0 Å². The topological polar surface area (TPSA) is 0 Å². The van der Waals surface area contributed by atoms with Gasteiger partial charge in [0.15, 0.2) is 0 Å². The zero-order valence-corrected chi connectivity index (χ0v) is 10.5. The normalized spacial score (nSPS) is 57.1. The summed E-state index contributed by atoms with van der Waals surface area (Å²) in [5, 5.41) is 0. The second-order valence-electron chi connectivity index (χ2n) is 4.41. The van der Waals surface area contributed by atoms with Crippen molar-refractivity contribution in [2.75, 3.05) is 0 Å². The molecule has 1 fully saturated rings. The lowest BCUT2D eigenvalue weighted by Crippen LogP contribution is -2.50. The van der Waals surface area contributed by atoms with Crippen LogP contribution in [-0.4, -0.2) is 9.15 Å². The van der Waals surface area contributed by atoms with Gasteiger partial charge >= 0.3 is 0 Å². The lowest BCUT2D eigenvalue weighted by molar-refractivity contribution is 0.207. The minimum absolute atomic E-state index is 0.208. The fourth-order valence-electron chi connectivity index (χ4n) is 3.10. The molecule has 0 aliphatic heterocycles. The third-order valence-corrected chi connectivity index (χ3v) is 6.92. The molecule has 0 radical (unpaired) electrons. The van der Waals surface area contributed by atoms with E-state index in [1.165, 1.54) is 12.8 Å². The molecule has 5 atom stereocenters. The molecule has 0 amide bonds. The highest BCUT2D eigenvalue weighted by molar-refractivity contribution is 9.12. The first-order valence-electron chi connectivity index (χ1n) is 4.91. The van der Waals surface area contributed by atoms with Crippen LogP contribution in [0.1, 0.15) is 12.8 Å². The zero-order chi connectivity index (χ0) is 9.05. The number of allylic oxidation sites excluding steroid dienone is 4. The molecular formula is C11H12Br2. The molecule has 2 heteroatoms. The Kier molecular flexibility index (Phi) is 1.83. The fraction of sp³-hybridized carbons (Fsp3) is 0.636. The first-order chi connectivity index (χ1) is 6.22. The van der Waals surface area contributed by atoms with Gasteiger partial charge in [0, 0.05) is 10.7 Å². The summed E-state index contributed by atoms with van der Waals surface area (Å²) in [5.41, 5.74) is 0. The summed E-state index contributed by atoms with van der Waals surface area (Å²) in [6.45, 7) is 0. The lowest BCUT2D eigenvalue weighted by atomic mass is 9.63. The minimum atomic E-state index is 0.208. The van der Waals surface area contributed by atoms with E-state index in [-0.39, 0.29) is 4.32 Å². The van der Waals surface area contributed by atoms with Crippen molar-refractivity contribution in [2.24, 2.45) is 17.8 Å². The molecule has 1 saturated carbocycles. The smallest absolute Gasteiger partial charge is 0.0627 e. The van der Waals surface area contributed by atoms with Crippen LogP contribution in [0.4, 0.5) is 0 Å². The first-order valence-corrected chi connectivity index (χ1v) is 6.61. The Labute approximate surface area is 95.7 Å². The maximum absolute atomic E-state index is 3.92. The summed E-state index contributed by atoms with van der Waals surface area (Å²) in [4.78, 5) is 0.610. The fourth-order valence-corrected chi connectivity index (χ4v) is 4.82.